The van der Waals surface area contributed by atoms with Crippen molar-refractivity contribution in [1.82, 2.24) is 15.0 Å². The van der Waals surface area contributed by atoms with Crippen molar-refractivity contribution in [2.75, 3.05) is 7.11 Å². The normalized spacial score (nSPS) is 18.0. The molecule has 1 aromatic heterocycles. The zero-order chi connectivity index (χ0) is 22.0. The second-order valence-corrected chi connectivity index (χ2v) is 7.93. The largest absolute Gasteiger partial charge is 0.497 e. The third-order valence-electron chi connectivity index (χ3n) is 5.88. The minimum absolute atomic E-state index is 0.0830. The van der Waals surface area contributed by atoms with E-state index in [2.05, 4.69) is 17.1 Å². The smallest absolute Gasteiger partial charge is 0.408 e. The molecule has 2 aromatic carbocycles. The van der Waals surface area contributed by atoms with Gasteiger partial charge in [-0.2, -0.15) is 4.98 Å². The maximum atomic E-state index is 12.4. The van der Waals surface area contributed by atoms with Gasteiger partial charge in [-0.25, -0.2) is 4.79 Å². The Morgan fingerprint density at radius 1 is 1.26 bits per heavy atom. The lowest BCUT2D eigenvalue weighted by Gasteiger charge is -2.42. The first-order valence-corrected chi connectivity index (χ1v) is 10.6. The Morgan fingerprint density at radius 2 is 2.03 bits per heavy atom. The lowest BCUT2D eigenvalue weighted by Crippen LogP contribution is -2.47. The van der Waals surface area contributed by atoms with Gasteiger partial charge in [0.1, 0.15) is 5.75 Å². The molecule has 0 unspecified atom stereocenters. The lowest BCUT2D eigenvalue weighted by atomic mass is 9.83. The van der Waals surface area contributed by atoms with Crippen LogP contribution in [0.5, 0.6) is 5.75 Å². The number of aromatic nitrogens is 2. The summed E-state index contributed by atoms with van der Waals surface area (Å²) in [6.07, 6.45) is 2.63. The number of ether oxygens (including phenoxy) is 1. The van der Waals surface area contributed by atoms with E-state index in [1.807, 2.05) is 42.5 Å². The van der Waals surface area contributed by atoms with Gasteiger partial charge in [0.15, 0.2) is 5.82 Å². The highest BCUT2D eigenvalue weighted by molar-refractivity contribution is 5.69. The van der Waals surface area contributed by atoms with E-state index < -0.39 is 6.09 Å². The number of nitrogens with zero attached hydrogens (tertiary/aromatic N) is 3. The van der Waals surface area contributed by atoms with Crippen LogP contribution in [0.25, 0.3) is 11.5 Å². The standard InChI is InChI=1S/C24H27N3O4/c1-4-5-6-19-13-18-14-20(30-3)11-12-21(18)22(27(19)24(28)29)16-7-9-17(10-8-16)23-25-15(2)26-31-23/h7-12,14,19,22H,4-6,13H2,1-3H3,(H,28,29)/t19-,22-/m0/s1. The van der Waals surface area contributed by atoms with E-state index in [1.54, 1.807) is 18.9 Å². The van der Waals surface area contributed by atoms with Gasteiger partial charge in [0, 0.05) is 11.6 Å². The SMILES string of the molecule is CCCC[C@H]1Cc2cc(OC)ccc2[C@H](c2ccc(-c3nc(C)no3)cc2)N1C(=O)O. The van der Waals surface area contributed by atoms with Crippen LogP contribution >= 0.6 is 0 Å². The third-order valence-corrected chi connectivity index (χ3v) is 5.88. The fraction of sp³-hybridized carbons (Fsp3) is 0.375. The molecule has 7 heteroatoms. The average molecular weight is 421 g/mol. The van der Waals surface area contributed by atoms with Crippen molar-refractivity contribution in [2.24, 2.45) is 0 Å². The summed E-state index contributed by atoms with van der Waals surface area (Å²) in [7, 11) is 1.65. The Labute approximate surface area is 181 Å². The quantitative estimate of drug-likeness (QED) is 0.586. The highest BCUT2D eigenvalue weighted by Gasteiger charge is 2.38. The van der Waals surface area contributed by atoms with Crippen LogP contribution in [0.1, 0.15) is 54.7 Å². The maximum Gasteiger partial charge on any atom is 0.408 e. The van der Waals surface area contributed by atoms with E-state index in [-0.39, 0.29) is 12.1 Å². The Hall–Kier alpha value is -3.35. The van der Waals surface area contributed by atoms with Gasteiger partial charge in [0.05, 0.1) is 13.2 Å². The summed E-state index contributed by atoms with van der Waals surface area (Å²) in [6.45, 7) is 3.90. The molecule has 1 aliphatic rings. The van der Waals surface area contributed by atoms with Crippen LogP contribution < -0.4 is 4.74 Å². The van der Waals surface area contributed by atoms with Crippen molar-refractivity contribution in [3.05, 3.63) is 65.0 Å². The topological polar surface area (TPSA) is 88.7 Å². The number of benzene rings is 2. The van der Waals surface area contributed by atoms with Crippen LogP contribution in [-0.4, -0.2) is 39.4 Å². The van der Waals surface area contributed by atoms with Crippen LogP contribution in [-0.2, 0) is 6.42 Å². The fourth-order valence-corrected chi connectivity index (χ4v) is 4.38. The monoisotopic (exact) mass is 421 g/mol. The molecule has 7 nitrogen and oxygen atoms in total. The van der Waals surface area contributed by atoms with Gasteiger partial charge in [0.2, 0.25) is 0 Å². The number of fused-ring (bicyclic) bond motifs is 1. The van der Waals surface area contributed by atoms with E-state index in [9.17, 15) is 9.90 Å². The molecule has 0 spiro atoms. The fourth-order valence-electron chi connectivity index (χ4n) is 4.38. The van der Waals surface area contributed by atoms with Crippen molar-refractivity contribution >= 4 is 6.09 Å². The van der Waals surface area contributed by atoms with E-state index >= 15 is 0 Å². The van der Waals surface area contributed by atoms with Crippen molar-refractivity contribution < 1.29 is 19.2 Å². The number of carboxylic acid groups (broad SMARTS) is 1. The van der Waals surface area contributed by atoms with Gasteiger partial charge in [0.25, 0.3) is 5.89 Å². The predicted molar refractivity (Wildman–Crippen MR) is 116 cm³/mol. The molecule has 0 saturated heterocycles. The zero-order valence-corrected chi connectivity index (χ0v) is 18.0. The molecule has 31 heavy (non-hydrogen) atoms. The number of carbonyl (C=O) groups is 1. The van der Waals surface area contributed by atoms with Gasteiger partial charge in [-0.1, -0.05) is 43.1 Å². The molecule has 4 rings (SSSR count). The summed E-state index contributed by atoms with van der Waals surface area (Å²) in [4.78, 5) is 18.3. The van der Waals surface area contributed by atoms with Crippen LogP contribution in [0, 0.1) is 6.92 Å². The zero-order valence-electron chi connectivity index (χ0n) is 18.0. The second kappa shape index (κ2) is 8.79. The Balaban J connectivity index is 1.77. The molecule has 0 saturated carbocycles. The van der Waals surface area contributed by atoms with E-state index in [0.29, 0.717) is 18.1 Å². The first-order chi connectivity index (χ1) is 15.0. The molecule has 1 amide bonds. The van der Waals surface area contributed by atoms with Gasteiger partial charge >= 0.3 is 6.09 Å². The molecular weight excluding hydrogens is 394 g/mol. The van der Waals surface area contributed by atoms with Crippen LogP contribution in [0.4, 0.5) is 4.79 Å². The summed E-state index contributed by atoms with van der Waals surface area (Å²) >= 11 is 0. The highest BCUT2D eigenvalue weighted by atomic mass is 16.5. The van der Waals surface area contributed by atoms with Gasteiger partial charge in [-0.05, 0) is 60.7 Å². The molecule has 2 heterocycles. The molecular formula is C24H27N3O4. The molecule has 0 bridgehead atoms. The van der Waals surface area contributed by atoms with Crippen LogP contribution in [0.15, 0.2) is 47.0 Å². The van der Waals surface area contributed by atoms with Crippen LogP contribution in [0.2, 0.25) is 0 Å². The summed E-state index contributed by atoms with van der Waals surface area (Å²) in [5.74, 6) is 1.82. The molecule has 0 aliphatic carbocycles. The lowest BCUT2D eigenvalue weighted by molar-refractivity contribution is 0.0967. The number of unbranched alkanes of at least 4 members (excludes halogenated alkanes) is 1. The van der Waals surface area contributed by atoms with E-state index in [0.717, 1.165) is 47.3 Å². The molecule has 1 N–H and O–H groups in total. The van der Waals surface area contributed by atoms with Gasteiger partial charge < -0.3 is 14.4 Å². The predicted octanol–water partition coefficient (Wildman–Crippen LogP) is 5.24. The van der Waals surface area contributed by atoms with Crippen LogP contribution in [0.3, 0.4) is 0 Å². The maximum absolute atomic E-state index is 12.4. The van der Waals surface area contributed by atoms with E-state index in [1.165, 1.54) is 0 Å². The minimum Gasteiger partial charge on any atom is -0.497 e. The minimum atomic E-state index is -0.899. The van der Waals surface area contributed by atoms with Crippen molar-refractivity contribution in [1.29, 1.82) is 0 Å². The second-order valence-electron chi connectivity index (χ2n) is 7.93. The molecule has 3 aromatic rings. The molecule has 1 aliphatic heterocycles. The van der Waals surface area contributed by atoms with Gasteiger partial charge in [-0.15, -0.1) is 0 Å². The average Bonchev–Trinajstić information content (AvgIpc) is 3.22. The number of hydrogen-bond donors (Lipinski definition) is 1. The first kappa shape index (κ1) is 20.9. The molecule has 2 atom stereocenters. The number of methoxy groups -OCH3 is 1. The highest BCUT2D eigenvalue weighted by Crippen LogP contribution is 2.41. The summed E-state index contributed by atoms with van der Waals surface area (Å²) in [5, 5.41) is 14.0. The summed E-state index contributed by atoms with van der Waals surface area (Å²) < 4.78 is 10.7. The first-order valence-electron chi connectivity index (χ1n) is 10.6. The number of amides is 1. The Bertz CT molecular complexity index is 1060. The molecule has 0 fully saturated rings. The van der Waals surface area contributed by atoms with Crippen molar-refractivity contribution in [3.63, 3.8) is 0 Å². The number of aryl methyl sites for hydroxylation is 1. The molecule has 162 valence electrons. The van der Waals surface area contributed by atoms with Crippen molar-refractivity contribution in [2.45, 2.75) is 51.6 Å². The van der Waals surface area contributed by atoms with Gasteiger partial charge in [-0.3, -0.25) is 4.90 Å². The Kier molecular flexibility index (Phi) is 5.93. The molecule has 0 radical (unpaired) electrons. The Morgan fingerprint density at radius 3 is 2.65 bits per heavy atom. The number of rotatable bonds is 6. The van der Waals surface area contributed by atoms with E-state index in [4.69, 9.17) is 9.26 Å². The number of hydrogen-bond acceptors (Lipinski definition) is 5. The third kappa shape index (κ3) is 4.13. The summed E-state index contributed by atoms with van der Waals surface area (Å²) in [6, 6.07) is 13.2. The summed E-state index contributed by atoms with van der Waals surface area (Å²) in [5.41, 5.74) is 3.85. The van der Waals surface area contributed by atoms with Crippen molar-refractivity contribution in [3.8, 4) is 17.2 Å².